The number of carbonyl (C=O) groups is 1. The molecule has 1 aromatic carbocycles. The minimum absolute atomic E-state index is 0.243. The van der Waals surface area contributed by atoms with E-state index in [4.69, 9.17) is 11.6 Å². The Kier molecular flexibility index (Phi) is 5.33. The van der Waals surface area contributed by atoms with Crippen molar-refractivity contribution >= 4 is 28.9 Å². The number of rotatable bonds is 4. The van der Waals surface area contributed by atoms with Gasteiger partial charge in [0, 0.05) is 19.7 Å². The second-order valence-electron chi connectivity index (χ2n) is 5.93. The molecule has 126 valence electrons. The predicted octanol–water partition coefficient (Wildman–Crippen LogP) is 3.20. The Morgan fingerprint density at radius 3 is 2.67 bits per heavy atom. The molecule has 0 radical (unpaired) electrons. The molecule has 1 aliphatic rings. The molecule has 2 N–H and O–H groups in total. The van der Waals surface area contributed by atoms with E-state index >= 15 is 0 Å². The fraction of sp³-hybridized carbons (Fsp3) is 0.333. The third kappa shape index (κ3) is 3.86. The van der Waals surface area contributed by atoms with Crippen molar-refractivity contribution in [2.24, 2.45) is 5.92 Å². The Balaban J connectivity index is 1.76. The summed E-state index contributed by atoms with van der Waals surface area (Å²) in [6, 6.07) is 12.7. The van der Waals surface area contributed by atoms with Crippen molar-refractivity contribution in [1.29, 1.82) is 0 Å². The Labute approximate surface area is 146 Å². The third-order valence-corrected chi connectivity index (χ3v) is 4.52. The van der Waals surface area contributed by atoms with E-state index in [0.717, 1.165) is 37.3 Å². The van der Waals surface area contributed by atoms with Gasteiger partial charge in [0.15, 0.2) is 0 Å². The van der Waals surface area contributed by atoms with Crippen LogP contribution in [0.2, 0.25) is 5.15 Å². The minimum atomic E-state index is -0.282. The molecule has 2 heterocycles. The second kappa shape index (κ2) is 7.64. The number of hydrogen-bond donors (Lipinski definition) is 2. The molecule has 2 aromatic rings. The van der Waals surface area contributed by atoms with E-state index in [-0.39, 0.29) is 18.2 Å². The quantitative estimate of drug-likeness (QED) is 0.835. The highest BCUT2D eigenvalue weighted by molar-refractivity contribution is 6.29. The summed E-state index contributed by atoms with van der Waals surface area (Å²) in [6.45, 7) is 1.98. The normalized spacial score (nSPS) is 15.3. The second-order valence-corrected chi connectivity index (χ2v) is 6.32. The number of piperidine rings is 1. The molecule has 3 rings (SSSR count). The van der Waals surface area contributed by atoms with Gasteiger partial charge in [-0.25, -0.2) is 4.98 Å². The molecule has 1 fully saturated rings. The van der Waals surface area contributed by atoms with Crippen LogP contribution in [0.5, 0.6) is 0 Å². The Hall–Kier alpha value is -2.11. The van der Waals surface area contributed by atoms with Crippen LogP contribution in [0.4, 0.5) is 11.4 Å². The number of nitrogens with zero attached hydrogens (tertiary/aromatic N) is 2. The SMILES string of the molecule is O=C(Nc1ccccc1N1CCC(CO)CC1)c1cccc(Cl)n1. The highest BCUT2D eigenvalue weighted by atomic mass is 35.5. The van der Waals surface area contributed by atoms with Gasteiger partial charge in [0.1, 0.15) is 10.8 Å². The Morgan fingerprint density at radius 2 is 1.96 bits per heavy atom. The van der Waals surface area contributed by atoms with Crippen molar-refractivity contribution in [1.82, 2.24) is 4.98 Å². The maximum atomic E-state index is 12.4. The van der Waals surface area contributed by atoms with Gasteiger partial charge in [0.2, 0.25) is 0 Å². The monoisotopic (exact) mass is 345 g/mol. The van der Waals surface area contributed by atoms with Gasteiger partial charge in [-0.15, -0.1) is 0 Å². The number of benzene rings is 1. The predicted molar refractivity (Wildman–Crippen MR) is 95.7 cm³/mol. The summed E-state index contributed by atoms with van der Waals surface area (Å²) in [4.78, 5) is 18.7. The molecule has 0 bridgehead atoms. The van der Waals surface area contributed by atoms with Crippen LogP contribution in [-0.4, -0.2) is 35.7 Å². The summed E-state index contributed by atoms with van der Waals surface area (Å²) in [5.41, 5.74) is 2.03. The van der Waals surface area contributed by atoms with Crippen molar-refractivity contribution in [3.05, 3.63) is 53.3 Å². The number of nitrogens with one attached hydrogen (secondary N) is 1. The number of halogens is 1. The number of aliphatic hydroxyl groups is 1. The van der Waals surface area contributed by atoms with Crippen molar-refractivity contribution in [2.75, 3.05) is 29.9 Å². The lowest BCUT2D eigenvalue weighted by Gasteiger charge is -2.34. The summed E-state index contributed by atoms with van der Waals surface area (Å²) >= 11 is 5.85. The van der Waals surface area contributed by atoms with E-state index in [1.165, 1.54) is 0 Å². The average molecular weight is 346 g/mol. The topological polar surface area (TPSA) is 65.5 Å². The molecule has 1 amide bonds. The molecule has 24 heavy (non-hydrogen) atoms. The van der Waals surface area contributed by atoms with Crippen LogP contribution in [0.25, 0.3) is 0 Å². The fourth-order valence-electron chi connectivity index (χ4n) is 2.93. The molecule has 1 aromatic heterocycles. The molecule has 0 spiro atoms. The maximum Gasteiger partial charge on any atom is 0.274 e. The van der Waals surface area contributed by atoms with Gasteiger partial charge >= 0.3 is 0 Å². The summed E-state index contributed by atoms with van der Waals surface area (Å²) in [6.07, 6.45) is 1.91. The lowest BCUT2D eigenvalue weighted by molar-refractivity contribution is 0.102. The summed E-state index contributed by atoms with van der Waals surface area (Å²) in [7, 11) is 0. The molecular formula is C18H20ClN3O2. The number of hydrogen-bond acceptors (Lipinski definition) is 4. The van der Waals surface area contributed by atoms with Crippen LogP contribution < -0.4 is 10.2 Å². The van der Waals surface area contributed by atoms with Crippen LogP contribution in [-0.2, 0) is 0 Å². The van der Waals surface area contributed by atoms with Crippen LogP contribution in [0.15, 0.2) is 42.5 Å². The number of para-hydroxylation sites is 2. The number of carbonyl (C=O) groups excluding carboxylic acids is 1. The van der Waals surface area contributed by atoms with Gasteiger partial charge in [0.25, 0.3) is 5.91 Å². The molecule has 0 aliphatic carbocycles. The molecule has 0 atom stereocenters. The summed E-state index contributed by atoms with van der Waals surface area (Å²) in [5, 5.41) is 12.5. The number of aliphatic hydroxyl groups excluding tert-OH is 1. The highest BCUT2D eigenvalue weighted by Gasteiger charge is 2.21. The number of amides is 1. The number of pyridine rings is 1. The lowest BCUT2D eigenvalue weighted by atomic mass is 9.97. The standard InChI is InChI=1S/C18H20ClN3O2/c19-17-7-3-5-15(20-17)18(24)21-14-4-1-2-6-16(14)22-10-8-13(12-23)9-11-22/h1-7,13,23H,8-12H2,(H,21,24). The van der Waals surface area contributed by atoms with Crippen LogP contribution in [0, 0.1) is 5.92 Å². The molecule has 5 nitrogen and oxygen atoms in total. The zero-order valence-corrected chi connectivity index (χ0v) is 14.0. The molecule has 6 heteroatoms. The first-order valence-corrected chi connectivity index (χ1v) is 8.44. The molecule has 1 saturated heterocycles. The van der Waals surface area contributed by atoms with Gasteiger partial charge in [-0.05, 0) is 43.0 Å². The first-order valence-electron chi connectivity index (χ1n) is 8.06. The van der Waals surface area contributed by atoms with E-state index in [1.54, 1.807) is 18.2 Å². The van der Waals surface area contributed by atoms with Crippen LogP contribution in [0.1, 0.15) is 23.3 Å². The Morgan fingerprint density at radius 1 is 1.21 bits per heavy atom. The highest BCUT2D eigenvalue weighted by Crippen LogP contribution is 2.30. The van der Waals surface area contributed by atoms with Gasteiger partial charge < -0.3 is 15.3 Å². The van der Waals surface area contributed by atoms with Crippen LogP contribution >= 0.6 is 11.6 Å². The lowest BCUT2D eigenvalue weighted by Crippen LogP contribution is -2.35. The van der Waals surface area contributed by atoms with Gasteiger partial charge in [-0.3, -0.25) is 4.79 Å². The van der Waals surface area contributed by atoms with Gasteiger partial charge in [-0.1, -0.05) is 29.8 Å². The van der Waals surface area contributed by atoms with Crippen molar-refractivity contribution in [3.63, 3.8) is 0 Å². The first-order chi connectivity index (χ1) is 11.7. The minimum Gasteiger partial charge on any atom is -0.396 e. The average Bonchev–Trinajstić information content (AvgIpc) is 2.62. The molecule has 1 aliphatic heterocycles. The molecule has 0 unspecified atom stereocenters. The maximum absolute atomic E-state index is 12.4. The smallest absolute Gasteiger partial charge is 0.274 e. The first kappa shape index (κ1) is 16.7. The van der Waals surface area contributed by atoms with Gasteiger partial charge in [-0.2, -0.15) is 0 Å². The Bertz CT molecular complexity index is 715. The van der Waals surface area contributed by atoms with E-state index in [1.807, 2.05) is 24.3 Å². The number of anilines is 2. The van der Waals surface area contributed by atoms with E-state index in [2.05, 4.69) is 15.2 Å². The van der Waals surface area contributed by atoms with Crippen molar-refractivity contribution < 1.29 is 9.90 Å². The van der Waals surface area contributed by atoms with E-state index < -0.39 is 0 Å². The van der Waals surface area contributed by atoms with Crippen molar-refractivity contribution in [2.45, 2.75) is 12.8 Å². The molecule has 0 saturated carbocycles. The van der Waals surface area contributed by atoms with Gasteiger partial charge in [0.05, 0.1) is 11.4 Å². The largest absolute Gasteiger partial charge is 0.396 e. The van der Waals surface area contributed by atoms with E-state index in [9.17, 15) is 9.90 Å². The van der Waals surface area contributed by atoms with Crippen molar-refractivity contribution in [3.8, 4) is 0 Å². The number of aromatic nitrogens is 1. The summed E-state index contributed by atoms with van der Waals surface area (Å²) < 4.78 is 0. The summed E-state index contributed by atoms with van der Waals surface area (Å²) in [5.74, 6) is 0.0915. The third-order valence-electron chi connectivity index (χ3n) is 4.31. The van der Waals surface area contributed by atoms with E-state index in [0.29, 0.717) is 11.1 Å². The zero-order valence-electron chi connectivity index (χ0n) is 13.3. The van der Waals surface area contributed by atoms with Crippen LogP contribution in [0.3, 0.4) is 0 Å². The molecular weight excluding hydrogens is 326 g/mol. The fourth-order valence-corrected chi connectivity index (χ4v) is 3.10. The zero-order chi connectivity index (χ0) is 16.9.